The minimum Gasteiger partial charge on any atom is -0.366 e. The third-order valence-electron chi connectivity index (χ3n) is 2.83. The molecule has 1 saturated carbocycles. The lowest BCUT2D eigenvalue weighted by molar-refractivity contribution is 0.617. The van der Waals surface area contributed by atoms with Crippen LogP contribution >= 0.6 is 15.9 Å². The Balaban J connectivity index is 1.92. The second-order valence-corrected chi connectivity index (χ2v) is 4.87. The van der Waals surface area contributed by atoms with Crippen molar-refractivity contribution in [3.63, 3.8) is 0 Å². The molecule has 3 nitrogen and oxygen atoms in total. The molecule has 2 rings (SSSR count). The zero-order valence-corrected chi connectivity index (χ0v) is 10.3. The minimum absolute atomic E-state index is 0.586. The SMILES string of the molecule is Brc1cnc(NC2CCCCCC2)cn1. The quantitative estimate of drug-likeness (QED) is 0.837. The second-order valence-electron chi connectivity index (χ2n) is 4.06. The smallest absolute Gasteiger partial charge is 0.144 e. The van der Waals surface area contributed by atoms with E-state index in [1.165, 1.54) is 38.5 Å². The monoisotopic (exact) mass is 269 g/mol. The molecule has 1 aliphatic rings. The van der Waals surface area contributed by atoms with Crippen molar-refractivity contribution in [1.82, 2.24) is 9.97 Å². The molecule has 0 aliphatic heterocycles. The summed E-state index contributed by atoms with van der Waals surface area (Å²) >= 11 is 3.28. The van der Waals surface area contributed by atoms with Gasteiger partial charge in [-0.3, -0.25) is 0 Å². The molecule has 1 aromatic rings. The van der Waals surface area contributed by atoms with Crippen LogP contribution in [0.5, 0.6) is 0 Å². The van der Waals surface area contributed by atoms with Crippen molar-refractivity contribution < 1.29 is 0 Å². The van der Waals surface area contributed by atoms with E-state index >= 15 is 0 Å². The van der Waals surface area contributed by atoms with Crippen LogP contribution in [0.2, 0.25) is 0 Å². The van der Waals surface area contributed by atoms with Gasteiger partial charge in [0.25, 0.3) is 0 Å². The average Bonchev–Trinajstić information content (AvgIpc) is 2.50. The number of halogens is 1. The van der Waals surface area contributed by atoms with E-state index in [4.69, 9.17) is 0 Å². The summed E-state index contributed by atoms with van der Waals surface area (Å²) in [7, 11) is 0. The van der Waals surface area contributed by atoms with Crippen molar-refractivity contribution in [2.24, 2.45) is 0 Å². The normalized spacial score (nSPS) is 18.5. The molecule has 1 N–H and O–H groups in total. The van der Waals surface area contributed by atoms with Gasteiger partial charge in [-0.25, -0.2) is 9.97 Å². The van der Waals surface area contributed by atoms with E-state index in [1.807, 2.05) is 0 Å². The predicted octanol–water partition coefficient (Wildman–Crippen LogP) is 3.37. The second kappa shape index (κ2) is 5.45. The topological polar surface area (TPSA) is 37.8 Å². The zero-order valence-electron chi connectivity index (χ0n) is 8.75. The number of rotatable bonds is 2. The van der Waals surface area contributed by atoms with E-state index < -0.39 is 0 Å². The number of anilines is 1. The highest BCUT2D eigenvalue weighted by Crippen LogP contribution is 2.20. The summed E-state index contributed by atoms with van der Waals surface area (Å²) in [5, 5.41) is 3.45. The van der Waals surface area contributed by atoms with Gasteiger partial charge in [-0.15, -0.1) is 0 Å². The van der Waals surface area contributed by atoms with Gasteiger partial charge in [-0.05, 0) is 28.8 Å². The van der Waals surface area contributed by atoms with Gasteiger partial charge in [0.05, 0.1) is 12.4 Å². The molecule has 4 heteroatoms. The third-order valence-corrected chi connectivity index (χ3v) is 3.24. The summed E-state index contributed by atoms with van der Waals surface area (Å²) in [6, 6.07) is 0.586. The third kappa shape index (κ3) is 3.45. The molecular weight excluding hydrogens is 254 g/mol. The van der Waals surface area contributed by atoms with Crippen LogP contribution in [0.15, 0.2) is 17.0 Å². The van der Waals surface area contributed by atoms with Crippen LogP contribution in [0.1, 0.15) is 38.5 Å². The first-order valence-corrected chi connectivity index (χ1v) is 6.38. The summed E-state index contributed by atoms with van der Waals surface area (Å²) in [5.41, 5.74) is 0. The molecule has 0 amide bonds. The Bertz CT molecular complexity index is 291. The van der Waals surface area contributed by atoms with E-state index in [2.05, 4.69) is 31.2 Å². The van der Waals surface area contributed by atoms with Gasteiger partial charge >= 0.3 is 0 Å². The molecule has 0 atom stereocenters. The van der Waals surface area contributed by atoms with Crippen LogP contribution in [-0.2, 0) is 0 Å². The summed E-state index contributed by atoms with van der Waals surface area (Å²) in [6.07, 6.45) is 11.5. The van der Waals surface area contributed by atoms with E-state index in [-0.39, 0.29) is 0 Å². The number of hydrogen-bond acceptors (Lipinski definition) is 3. The number of hydrogen-bond donors (Lipinski definition) is 1. The van der Waals surface area contributed by atoms with Crippen molar-refractivity contribution in [3.8, 4) is 0 Å². The summed E-state index contributed by atoms with van der Waals surface area (Å²) in [6.45, 7) is 0. The van der Waals surface area contributed by atoms with Gasteiger partial charge in [0.1, 0.15) is 10.4 Å². The first kappa shape index (κ1) is 10.9. The lowest BCUT2D eigenvalue weighted by Gasteiger charge is -2.16. The molecule has 0 bridgehead atoms. The predicted molar refractivity (Wildman–Crippen MR) is 64.8 cm³/mol. The molecule has 1 aliphatic carbocycles. The molecule has 0 saturated heterocycles. The van der Waals surface area contributed by atoms with Gasteiger partial charge in [0, 0.05) is 6.04 Å². The Labute approximate surface area is 98.8 Å². The highest BCUT2D eigenvalue weighted by Gasteiger charge is 2.12. The lowest BCUT2D eigenvalue weighted by atomic mass is 10.1. The number of aromatic nitrogens is 2. The van der Waals surface area contributed by atoms with Crippen molar-refractivity contribution >= 4 is 21.7 Å². The van der Waals surface area contributed by atoms with Gasteiger partial charge in [-0.2, -0.15) is 0 Å². The maximum atomic E-state index is 4.28. The van der Waals surface area contributed by atoms with E-state index in [0.29, 0.717) is 6.04 Å². The highest BCUT2D eigenvalue weighted by atomic mass is 79.9. The summed E-state index contributed by atoms with van der Waals surface area (Å²) < 4.78 is 0.786. The van der Waals surface area contributed by atoms with Crippen molar-refractivity contribution in [3.05, 3.63) is 17.0 Å². The molecule has 0 spiro atoms. The van der Waals surface area contributed by atoms with Gasteiger partial charge in [0.15, 0.2) is 0 Å². The largest absolute Gasteiger partial charge is 0.366 e. The van der Waals surface area contributed by atoms with Crippen LogP contribution in [0.4, 0.5) is 5.82 Å². The zero-order chi connectivity index (χ0) is 10.5. The molecular formula is C11H16BrN3. The summed E-state index contributed by atoms with van der Waals surface area (Å²) in [4.78, 5) is 8.44. The maximum Gasteiger partial charge on any atom is 0.144 e. The fourth-order valence-corrected chi connectivity index (χ4v) is 2.22. The summed E-state index contributed by atoms with van der Waals surface area (Å²) in [5.74, 6) is 0.894. The average molecular weight is 270 g/mol. The van der Waals surface area contributed by atoms with Crippen LogP contribution in [0.25, 0.3) is 0 Å². The molecule has 1 fully saturated rings. The molecule has 0 radical (unpaired) electrons. The fraction of sp³-hybridized carbons (Fsp3) is 0.636. The van der Waals surface area contributed by atoms with Crippen molar-refractivity contribution in [1.29, 1.82) is 0 Å². The maximum absolute atomic E-state index is 4.28. The van der Waals surface area contributed by atoms with Crippen LogP contribution in [0, 0.1) is 0 Å². The fourth-order valence-electron chi connectivity index (χ4n) is 2.02. The standard InChI is InChI=1S/C11H16BrN3/c12-10-7-14-11(8-13-10)15-9-5-3-1-2-4-6-9/h7-9H,1-6H2,(H,14,15). The van der Waals surface area contributed by atoms with Gasteiger partial charge in [0.2, 0.25) is 0 Å². The van der Waals surface area contributed by atoms with Crippen LogP contribution in [-0.4, -0.2) is 16.0 Å². The van der Waals surface area contributed by atoms with Gasteiger partial charge in [-0.1, -0.05) is 25.7 Å². The van der Waals surface area contributed by atoms with E-state index in [9.17, 15) is 0 Å². The Morgan fingerprint density at radius 1 is 1.07 bits per heavy atom. The molecule has 15 heavy (non-hydrogen) atoms. The molecule has 0 aromatic carbocycles. The van der Waals surface area contributed by atoms with E-state index in [1.54, 1.807) is 12.4 Å². The lowest BCUT2D eigenvalue weighted by Crippen LogP contribution is -2.19. The Morgan fingerprint density at radius 3 is 2.40 bits per heavy atom. The first-order chi connectivity index (χ1) is 7.34. The van der Waals surface area contributed by atoms with Gasteiger partial charge < -0.3 is 5.32 Å². The molecule has 1 heterocycles. The highest BCUT2D eigenvalue weighted by molar-refractivity contribution is 9.10. The number of nitrogens with one attached hydrogen (secondary N) is 1. The van der Waals surface area contributed by atoms with Crippen LogP contribution in [0.3, 0.4) is 0 Å². The Kier molecular flexibility index (Phi) is 3.94. The van der Waals surface area contributed by atoms with Crippen LogP contribution < -0.4 is 5.32 Å². The molecule has 82 valence electrons. The van der Waals surface area contributed by atoms with Crippen molar-refractivity contribution in [2.75, 3.05) is 5.32 Å². The Hall–Kier alpha value is -0.640. The first-order valence-electron chi connectivity index (χ1n) is 5.59. The molecule has 0 unspecified atom stereocenters. The molecule has 1 aromatic heterocycles. The minimum atomic E-state index is 0.586. The van der Waals surface area contributed by atoms with Crippen molar-refractivity contribution in [2.45, 2.75) is 44.6 Å². The number of nitrogens with zero attached hydrogens (tertiary/aromatic N) is 2. The Morgan fingerprint density at radius 2 is 1.80 bits per heavy atom. The van der Waals surface area contributed by atoms with E-state index in [0.717, 1.165) is 10.4 Å².